The number of halogens is 3. The predicted octanol–water partition coefficient (Wildman–Crippen LogP) is 1.32. The van der Waals surface area contributed by atoms with E-state index in [-0.39, 0.29) is 12.9 Å². The second-order valence-electron chi connectivity index (χ2n) is 2.29. The molecule has 76 valence electrons. The van der Waals surface area contributed by atoms with Crippen molar-refractivity contribution in [3.63, 3.8) is 0 Å². The Balaban J connectivity index is 4.14. The summed E-state index contributed by atoms with van der Waals surface area (Å²) in [6, 6.07) is 0. The van der Waals surface area contributed by atoms with E-state index in [2.05, 4.69) is 4.74 Å². The van der Waals surface area contributed by atoms with Crippen LogP contribution >= 0.6 is 0 Å². The van der Waals surface area contributed by atoms with Crippen molar-refractivity contribution >= 4 is 12.3 Å². The van der Waals surface area contributed by atoms with E-state index >= 15 is 0 Å². The molecule has 0 saturated carbocycles. The summed E-state index contributed by atoms with van der Waals surface area (Å²) in [5.74, 6) is -3.27. The molecule has 0 heterocycles. The van der Waals surface area contributed by atoms with Crippen molar-refractivity contribution in [1.29, 1.82) is 0 Å². The lowest BCUT2D eigenvalue weighted by molar-refractivity contribution is -0.182. The summed E-state index contributed by atoms with van der Waals surface area (Å²) in [6.45, 7) is 1.48. The summed E-state index contributed by atoms with van der Waals surface area (Å²) in [6.07, 6.45) is -5.91. The molecule has 0 fully saturated rings. The molecule has 6 heteroatoms. The number of hydrogen-bond donors (Lipinski definition) is 0. The highest BCUT2D eigenvalue weighted by atomic mass is 19.4. The molecule has 0 aliphatic rings. The zero-order chi connectivity index (χ0) is 10.5. The third kappa shape index (κ3) is 4.49. The van der Waals surface area contributed by atoms with Crippen LogP contribution in [0.25, 0.3) is 0 Å². The minimum absolute atomic E-state index is 0.00225. The Morgan fingerprint density at radius 2 is 2.08 bits per heavy atom. The molecule has 0 saturated heterocycles. The topological polar surface area (TPSA) is 43.4 Å². The first-order chi connectivity index (χ1) is 5.91. The minimum Gasteiger partial charge on any atom is -0.466 e. The summed E-state index contributed by atoms with van der Waals surface area (Å²) in [4.78, 5) is 20.5. The first-order valence-corrected chi connectivity index (χ1v) is 3.59. The van der Waals surface area contributed by atoms with Gasteiger partial charge in [-0.1, -0.05) is 0 Å². The summed E-state index contributed by atoms with van der Waals surface area (Å²) >= 11 is 0. The van der Waals surface area contributed by atoms with Gasteiger partial charge in [0, 0.05) is 0 Å². The lowest BCUT2D eigenvalue weighted by Gasteiger charge is -2.12. The van der Waals surface area contributed by atoms with Crippen molar-refractivity contribution in [2.45, 2.75) is 19.5 Å². The molecule has 13 heavy (non-hydrogen) atoms. The molecule has 0 aromatic heterocycles. The van der Waals surface area contributed by atoms with Crippen molar-refractivity contribution < 1.29 is 27.5 Å². The zero-order valence-corrected chi connectivity index (χ0v) is 6.93. The lowest BCUT2D eigenvalue weighted by atomic mass is 10.1. The number of carbonyl (C=O) groups excluding carboxylic acids is 2. The monoisotopic (exact) mass is 198 g/mol. The van der Waals surface area contributed by atoms with E-state index in [1.54, 1.807) is 0 Å². The Morgan fingerprint density at radius 3 is 2.38 bits per heavy atom. The fourth-order valence-corrected chi connectivity index (χ4v) is 0.640. The van der Waals surface area contributed by atoms with Gasteiger partial charge in [-0.15, -0.1) is 0 Å². The molecule has 1 atom stereocenters. The van der Waals surface area contributed by atoms with E-state index in [1.165, 1.54) is 6.92 Å². The van der Waals surface area contributed by atoms with Crippen LogP contribution in [-0.2, 0) is 14.3 Å². The van der Waals surface area contributed by atoms with Crippen molar-refractivity contribution in [2.75, 3.05) is 6.61 Å². The number of alkyl halides is 3. The second kappa shape index (κ2) is 4.84. The van der Waals surface area contributed by atoms with Crippen LogP contribution in [0, 0.1) is 5.92 Å². The SMILES string of the molecule is CCOC(=O)CC(C=O)C(F)(F)F. The molecular weight excluding hydrogens is 189 g/mol. The van der Waals surface area contributed by atoms with Gasteiger partial charge in [0.1, 0.15) is 12.2 Å². The van der Waals surface area contributed by atoms with Crippen LogP contribution in [-0.4, -0.2) is 25.0 Å². The maximum absolute atomic E-state index is 11.9. The van der Waals surface area contributed by atoms with E-state index in [1.807, 2.05) is 0 Å². The largest absolute Gasteiger partial charge is 0.466 e. The number of ether oxygens (including phenoxy) is 1. The number of hydrogen-bond acceptors (Lipinski definition) is 3. The summed E-state index contributed by atoms with van der Waals surface area (Å²) in [5.41, 5.74) is 0. The molecule has 0 N–H and O–H groups in total. The van der Waals surface area contributed by atoms with Crippen molar-refractivity contribution in [1.82, 2.24) is 0 Å². The predicted molar refractivity (Wildman–Crippen MR) is 36.9 cm³/mol. The van der Waals surface area contributed by atoms with Crippen LogP contribution in [0.15, 0.2) is 0 Å². The highest BCUT2D eigenvalue weighted by Gasteiger charge is 2.41. The van der Waals surface area contributed by atoms with E-state index in [0.29, 0.717) is 0 Å². The van der Waals surface area contributed by atoms with Gasteiger partial charge in [-0.05, 0) is 6.92 Å². The molecule has 0 amide bonds. The van der Waals surface area contributed by atoms with Gasteiger partial charge in [0.05, 0.1) is 13.0 Å². The molecule has 0 radical (unpaired) electrons. The smallest absolute Gasteiger partial charge is 0.398 e. The van der Waals surface area contributed by atoms with Gasteiger partial charge in [0.15, 0.2) is 0 Å². The maximum atomic E-state index is 11.9. The third-order valence-corrected chi connectivity index (χ3v) is 1.28. The molecular formula is C7H9F3O3. The highest BCUT2D eigenvalue weighted by molar-refractivity contribution is 5.74. The van der Waals surface area contributed by atoms with Crippen LogP contribution in [0.3, 0.4) is 0 Å². The van der Waals surface area contributed by atoms with E-state index in [0.717, 1.165) is 0 Å². The number of esters is 1. The van der Waals surface area contributed by atoms with Crippen LogP contribution in [0.2, 0.25) is 0 Å². The maximum Gasteiger partial charge on any atom is 0.398 e. The number of carbonyl (C=O) groups is 2. The molecule has 0 aliphatic heterocycles. The molecule has 0 aromatic rings. The summed E-state index contributed by atoms with van der Waals surface area (Å²) in [5, 5.41) is 0. The number of aldehydes is 1. The van der Waals surface area contributed by atoms with E-state index in [4.69, 9.17) is 0 Å². The van der Waals surface area contributed by atoms with Gasteiger partial charge >= 0.3 is 12.1 Å². The molecule has 0 aliphatic carbocycles. The normalized spacial score (nSPS) is 13.5. The van der Waals surface area contributed by atoms with Crippen molar-refractivity contribution in [2.24, 2.45) is 5.92 Å². The summed E-state index contributed by atoms with van der Waals surface area (Å²) < 4.78 is 39.9. The van der Waals surface area contributed by atoms with Crippen LogP contribution in [0.5, 0.6) is 0 Å². The molecule has 0 spiro atoms. The van der Waals surface area contributed by atoms with Gasteiger partial charge in [0.25, 0.3) is 0 Å². The quantitative estimate of drug-likeness (QED) is 0.505. The molecule has 0 aromatic carbocycles. The van der Waals surface area contributed by atoms with Crippen LogP contribution in [0.1, 0.15) is 13.3 Å². The van der Waals surface area contributed by atoms with E-state index in [9.17, 15) is 22.8 Å². The van der Waals surface area contributed by atoms with E-state index < -0.39 is 24.5 Å². The lowest BCUT2D eigenvalue weighted by Crippen LogP contribution is -2.27. The first kappa shape index (κ1) is 11.9. The third-order valence-electron chi connectivity index (χ3n) is 1.28. The molecule has 3 nitrogen and oxygen atoms in total. The van der Waals surface area contributed by atoms with Crippen LogP contribution in [0.4, 0.5) is 13.2 Å². The Hall–Kier alpha value is -1.07. The number of rotatable bonds is 4. The molecule has 1 unspecified atom stereocenters. The fraction of sp³-hybridized carbons (Fsp3) is 0.714. The van der Waals surface area contributed by atoms with Gasteiger partial charge < -0.3 is 9.53 Å². The Kier molecular flexibility index (Phi) is 4.44. The Labute approximate surface area is 72.9 Å². The second-order valence-corrected chi connectivity index (χ2v) is 2.29. The zero-order valence-electron chi connectivity index (χ0n) is 6.93. The van der Waals surface area contributed by atoms with Crippen LogP contribution < -0.4 is 0 Å². The first-order valence-electron chi connectivity index (χ1n) is 3.59. The minimum atomic E-state index is -4.67. The van der Waals surface area contributed by atoms with Crippen molar-refractivity contribution in [3.8, 4) is 0 Å². The highest BCUT2D eigenvalue weighted by Crippen LogP contribution is 2.27. The average Bonchev–Trinajstić information content (AvgIpc) is 1.98. The standard InChI is InChI=1S/C7H9F3O3/c1-2-13-6(12)3-5(4-11)7(8,9)10/h4-5H,2-3H2,1H3. The van der Waals surface area contributed by atoms with Crippen molar-refractivity contribution in [3.05, 3.63) is 0 Å². The molecule has 0 bridgehead atoms. The summed E-state index contributed by atoms with van der Waals surface area (Å²) in [7, 11) is 0. The van der Waals surface area contributed by atoms with Gasteiger partial charge in [-0.25, -0.2) is 0 Å². The Bertz CT molecular complexity index is 188. The average molecular weight is 198 g/mol. The van der Waals surface area contributed by atoms with Gasteiger partial charge in [0.2, 0.25) is 0 Å². The van der Waals surface area contributed by atoms with Gasteiger partial charge in [-0.3, -0.25) is 4.79 Å². The molecule has 0 rings (SSSR count). The fourth-order valence-electron chi connectivity index (χ4n) is 0.640. The Morgan fingerprint density at radius 1 is 1.54 bits per heavy atom. The van der Waals surface area contributed by atoms with Gasteiger partial charge in [-0.2, -0.15) is 13.2 Å².